The highest BCUT2D eigenvalue weighted by Crippen LogP contribution is 2.27. The molecule has 0 spiro atoms. The van der Waals surface area contributed by atoms with Crippen LogP contribution < -0.4 is 5.32 Å². The largest absolute Gasteiger partial charge is 0.339 e. The quantitative estimate of drug-likeness (QED) is 0.918. The topological polar surface area (TPSA) is 51.0 Å². The number of piperidine rings is 1. The molecule has 2 heterocycles. The highest BCUT2D eigenvalue weighted by Gasteiger charge is 2.25. The lowest BCUT2D eigenvalue weighted by molar-refractivity contribution is 0.295. The summed E-state index contributed by atoms with van der Waals surface area (Å²) >= 11 is 0. The highest BCUT2D eigenvalue weighted by atomic mass is 35.5. The molecule has 19 heavy (non-hydrogen) atoms. The summed E-state index contributed by atoms with van der Waals surface area (Å²) in [4.78, 5) is 4.53. The number of benzene rings is 1. The molecule has 5 heteroatoms. The third-order valence-electron chi connectivity index (χ3n) is 3.45. The zero-order valence-electron chi connectivity index (χ0n) is 10.9. The number of hydrogen-bond acceptors (Lipinski definition) is 4. The van der Waals surface area contributed by atoms with Gasteiger partial charge in [0.2, 0.25) is 11.7 Å². The Morgan fingerprint density at radius 1 is 1.26 bits per heavy atom. The zero-order valence-corrected chi connectivity index (χ0v) is 11.7. The maximum atomic E-state index is 5.42. The molecule has 0 radical (unpaired) electrons. The molecule has 1 aromatic heterocycles. The van der Waals surface area contributed by atoms with E-state index in [4.69, 9.17) is 4.52 Å². The van der Waals surface area contributed by atoms with Gasteiger partial charge in [0, 0.05) is 17.5 Å². The van der Waals surface area contributed by atoms with Gasteiger partial charge in [0.1, 0.15) is 0 Å². The second-order valence-corrected chi connectivity index (χ2v) is 4.90. The second kappa shape index (κ2) is 6.17. The van der Waals surface area contributed by atoms with E-state index in [1.807, 2.05) is 30.3 Å². The first kappa shape index (κ1) is 14.0. The number of hydrogen-bond donors (Lipinski definition) is 1. The Morgan fingerprint density at radius 2 is 2.05 bits per heavy atom. The van der Waals surface area contributed by atoms with Crippen LogP contribution in [0.25, 0.3) is 11.4 Å². The fraction of sp³-hybridized carbons (Fsp3) is 0.429. The van der Waals surface area contributed by atoms with E-state index in [9.17, 15) is 0 Å². The van der Waals surface area contributed by atoms with Crippen molar-refractivity contribution in [2.75, 3.05) is 6.54 Å². The van der Waals surface area contributed by atoms with Crippen LogP contribution in [0.1, 0.15) is 31.6 Å². The van der Waals surface area contributed by atoms with E-state index < -0.39 is 0 Å². The van der Waals surface area contributed by atoms with Gasteiger partial charge in [0.15, 0.2) is 0 Å². The summed E-state index contributed by atoms with van der Waals surface area (Å²) in [5.74, 6) is 1.87. The molecular formula is C14H18ClN3O. The number of halogens is 1. The fourth-order valence-electron chi connectivity index (χ4n) is 2.46. The number of nitrogens with zero attached hydrogens (tertiary/aromatic N) is 2. The van der Waals surface area contributed by atoms with E-state index in [1.54, 1.807) is 0 Å². The van der Waals surface area contributed by atoms with Crippen LogP contribution in [0.5, 0.6) is 0 Å². The third kappa shape index (κ3) is 3.14. The van der Waals surface area contributed by atoms with Crippen molar-refractivity contribution in [2.45, 2.75) is 31.7 Å². The number of nitrogens with one attached hydrogen (secondary N) is 1. The van der Waals surface area contributed by atoms with Crippen molar-refractivity contribution in [1.82, 2.24) is 15.5 Å². The Balaban J connectivity index is 0.00000133. The lowest BCUT2D eigenvalue weighted by atomic mass is 9.93. The lowest BCUT2D eigenvalue weighted by Crippen LogP contribution is -2.34. The van der Waals surface area contributed by atoms with Gasteiger partial charge in [-0.2, -0.15) is 4.98 Å². The molecule has 1 saturated heterocycles. The summed E-state index contributed by atoms with van der Waals surface area (Å²) in [7, 11) is 0. The molecule has 3 rings (SSSR count). The Morgan fingerprint density at radius 3 is 2.79 bits per heavy atom. The van der Waals surface area contributed by atoms with Crippen LogP contribution in [0.2, 0.25) is 0 Å². The SMILES string of the molecule is C[C@H]1C[C@@H](c2nc(-c3ccccc3)no2)CCN1.Cl. The van der Waals surface area contributed by atoms with Gasteiger partial charge in [-0.25, -0.2) is 0 Å². The predicted octanol–water partition coefficient (Wildman–Crippen LogP) is 3.01. The first-order chi connectivity index (χ1) is 8.83. The summed E-state index contributed by atoms with van der Waals surface area (Å²) in [5.41, 5.74) is 1.01. The molecule has 0 bridgehead atoms. The van der Waals surface area contributed by atoms with Gasteiger partial charge in [0.25, 0.3) is 0 Å². The molecule has 1 aromatic carbocycles. The van der Waals surface area contributed by atoms with E-state index in [0.29, 0.717) is 17.8 Å². The van der Waals surface area contributed by atoms with Gasteiger partial charge in [-0.3, -0.25) is 0 Å². The summed E-state index contributed by atoms with van der Waals surface area (Å²) in [6, 6.07) is 10.5. The van der Waals surface area contributed by atoms with Crippen LogP contribution in [0, 0.1) is 0 Å². The summed E-state index contributed by atoms with van der Waals surface area (Å²) in [6.45, 7) is 3.22. The van der Waals surface area contributed by atoms with Crippen molar-refractivity contribution in [3.63, 3.8) is 0 Å². The molecule has 1 fully saturated rings. The van der Waals surface area contributed by atoms with Gasteiger partial charge < -0.3 is 9.84 Å². The Bertz CT molecular complexity index is 514. The molecule has 2 atom stereocenters. The van der Waals surface area contributed by atoms with Crippen molar-refractivity contribution in [2.24, 2.45) is 0 Å². The van der Waals surface area contributed by atoms with Gasteiger partial charge >= 0.3 is 0 Å². The normalized spacial score (nSPS) is 22.8. The van der Waals surface area contributed by atoms with Crippen LogP contribution >= 0.6 is 12.4 Å². The smallest absolute Gasteiger partial charge is 0.230 e. The zero-order chi connectivity index (χ0) is 12.4. The average Bonchev–Trinajstić information content (AvgIpc) is 2.89. The highest BCUT2D eigenvalue weighted by molar-refractivity contribution is 5.85. The molecule has 1 aliphatic rings. The Hall–Kier alpha value is -1.39. The predicted molar refractivity (Wildman–Crippen MR) is 76.4 cm³/mol. The summed E-state index contributed by atoms with van der Waals surface area (Å²) < 4.78 is 5.42. The van der Waals surface area contributed by atoms with E-state index in [1.165, 1.54) is 0 Å². The monoisotopic (exact) mass is 279 g/mol. The van der Waals surface area contributed by atoms with Crippen molar-refractivity contribution in [3.8, 4) is 11.4 Å². The van der Waals surface area contributed by atoms with Crippen molar-refractivity contribution < 1.29 is 4.52 Å². The molecule has 1 aliphatic heterocycles. The minimum absolute atomic E-state index is 0. The maximum Gasteiger partial charge on any atom is 0.230 e. The van der Waals surface area contributed by atoms with Crippen molar-refractivity contribution in [1.29, 1.82) is 0 Å². The molecule has 0 unspecified atom stereocenters. The average molecular weight is 280 g/mol. The van der Waals surface area contributed by atoms with Crippen LogP contribution in [0.15, 0.2) is 34.9 Å². The van der Waals surface area contributed by atoms with E-state index >= 15 is 0 Å². The van der Waals surface area contributed by atoms with E-state index in [2.05, 4.69) is 22.4 Å². The van der Waals surface area contributed by atoms with Gasteiger partial charge in [-0.05, 0) is 26.3 Å². The Labute approximate surface area is 119 Å². The van der Waals surface area contributed by atoms with Crippen LogP contribution in [-0.4, -0.2) is 22.7 Å². The minimum atomic E-state index is 0. The third-order valence-corrected chi connectivity index (χ3v) is 3.45. The standard InChI is InChI=1S/C14H17N3O.ClH/c1-10-9-12(7-8-15-10)14-16-13(17-18-14)11-5-3-2-4-6-11;/h2-6,10,12,15H,7-9H2,1H3;1H/t10-,12-;/m0./s1. The Kier molecular flexibility index (Phi) is 4.56. The molecule has 0 saturated carbocycles. The van der Waals surface area contributed by atoms with Gasteiger partial charge in [-0.15, -0.1) is 12.4 Å². The first-order valence-electron chi connectivity index (χ1n) is 6.45. The lowest BCUT2D eigenvalue weighted by Gasteiger charge is -2.25. The van der Waals surface area contributed by atoms with Crippen molar-refractivity contribution in [3.05, 3.63) is 36.2 Å². The second-order valence-electron chi connectivity index (χ2n) is 4.90. The molecule has 1 N–H and O–H groups in total. The molecule has 0 aliphatic carbocycles. The summed E-state index contributed by atoms with van der Waals surface area (Å²) in [5, 5.41) is 7.51. The van der Waals surface area contributed by atoms with Crippen LogP contribution in [-0.2, 0) is 0 Å². The van der Waals surface area contributed by atoms with Crippen molar-refractivity contribution >= 4 is 12.4 Å². The van der Waals surface area contributed by atoms with Crippen LogP contribution in [0.4, 0.5) is 0 Å². The van der Waals surface area contributed by atoms with E-state index in [0.717, 1.165) is 30.8 Å². The van der Waals surface area contributed by atoms with Gasteiger partial charge in [-0.1, -0.05) is 35.5 Å². The molecule has 102 valence electrons. The number of rotatable bonds is 2. The van der Waals surface area contributed by atoms with Crippen LogP contribution in [0.3, 0.4) is 0 Å². The van der Waals surface area contributed by atoms with E-state index in [-0.39, 0.29) is 12.4 Å². The molecular weight excluding hydrogens is 262 g/mol. The van der Waals surface area contributed by atoms with Gasteiger partial charge in [0.05, 0.1) is 0 Å². The molecule has 2 aromatic rings. The molecule has 4 nitrogen and oxygen atoms in total. The minimum Gasteiger partial charge on any atom is -0.339 e. The maximum absolute atomic E-state index is 5.42. The fourth-order valence-corrected chi connectivity index (χ4v) is 2.46. The molecule has 0 amide bonds. The first-order valence-corrected chi connectivity index (χ1v) is 6.45. The number of aromatic nitrogens is 2. The summed E-state index contributed by atoms with van der Waals surface area (Å²) in [6.07, 6.45) is 2.14.